The van der Waals surface area contributed by atoms with Crippen molar-refractivity contribution in [2.24, 2.45) is 0 Å². The van der Waals surface area contributed by atoms with Crippen molar-refractivity contribution in [1.82, 2.24) is 0 Å². The molecule has 0 aliphatic heterocycles. The van der Waals surface area contributed by atoms with Crippen molar-refractivity contribution in [3.8, 4) is 0 Å². The molecule has 0 aliphatic carbocycles. The van der Waals surface area contributed by atoms with Gasteiger partial charge in [0.2, 0.25) is 0 Å². The quantitative estimate of drug-likeness (QED) is 0.330. The molecule has 0 spiro atoms. The maximum atomic E-state index is 9.55. The van der Waals surface area contributed by atoms with Crippen LogP contribution in [0.5, 0.6) is 0 Å². The molecule has 0 aromatic rings. The van der Waals surface area contributed by atoms with E-state index in [0.29, 0.717) is 12.2 Å². The third-order valence-electron chi connectivity index (χ3n) is 0.368. The van der Waals surface area contributed by atoms with E-state index in [1.807, 2.05) is 0 Å². The van der Waals surface area contributed by atoms with Gasteiger partial charge < -0.3 is 10.2 Å². The van der Waals surface area contributed by atoms with Gasteiger partial charge in [0.05, 0.1) is 0 Å². The van der Waals surface area contributed by atoms with Gasteiger partial charge in [0.15, 0.2) is 0 Å². The summed E-state index contributed by atoms with van der Waals surface area (Å²) in [6.07, 6.45) is 1.12. The Balaban J connectivity index is 0. The van der Waals surface area contributed by atoms with Crippen LogP contribution >= 0.6 is 0 Å². The molecule has 4 N–H and O–H groups in total. The average Bonchev–Trinajstić information content (AvgIpc) is 1.82. The molecule has 0 saturated heterocycles. The number of hydrogen-bond donors (Lipinski definition) is 4. The second kappa shape index (κ2) is 8.02. The molecule has 0 aliphatic rings. The Hall–Kier alpha value is -1.08. The zero-order valence-corrected chi connectivity index (χ0v) is 7.29. The molecule has 12 heavy (non-hydrogen) atoms. The molecule has 7 nitrogen and oxygen atoms in total. The Labute approximate surface area is 71.3 Å². The van der Waals surface area contributed by atoms with Crippen molar-refractivity contribution in [2.45, 2.75) is 0 Å². The second-order valence-electron chi connectivity index (χ2n) is 1.24. The van der Waals surface area contributed by atoms with Gasteiger partial charge in [-0.05, 0) is 0 Å². The molecule has 0 bridgehead atoms. The van der Waals surface area contributed by atoms with E-state index in [2.05, 4.69) is 0 Å². The first-order valence-electron chi connectivity index (χ1n) is 2.30. The molecule has 0 amide bonds. The molecule has 0 fully saturated rings. The zero-order chi connectivity index (χ0) is 10.1. The number of carboxylic acid groups (broad SMARTS) is 2. The monoisotopic (exact) mass is 246 g/mol. The van der Waals surface area contributed by atoms with Gasteiger partial charge in [-0.1, -0.05) is 0 Å². The average molecular weight is 245 g/mol. The van der Waals surface area contributed by atoms with Gasteiger partial charge in [0.25, 0.3) is 0 Å². The van der Waals surface area contributed by atoms with Crippen molar-refractivity contribution >= 4 is 26.4 Å². The van der Waals surface area contributed by atoms with Gasteiger partial charge in [-0.15, -0.1) is 0 Å². The van der Waals surface area contributed by atoms with Crippen molar-refractivity contribution in [3.05, 3.63) is 12.2 Å². The first kappa shape index (κ1) is 13.5. The SMILES string of the molecule is O=C(O)C=CC(=O)O.O=[Se](O)O. The fourth-order valence-electron chi connectivity index (χ4n) is 0.143. The Morgan fingerprint density at radius 3 is 1.25 bits per heavy atom. The summed E-state index contributed by atoms with van der Waals surface area (Å²) in [6.45, 7) is 0. The summed E-state index contributed by atoms with van der Waals surface area (Å²) in [5, 5.41) is 15.6. The fourth-order valence-corrected chi connectivity index (χ4v) is 0.143. The Bertz CT molecular complexity index is 187. The van der Waals surface area contributed by atoms with Gasteiger partial charge in [-0.25, -0.2) is 9.59 Å². The molecular weight excluding hydrogens is 239 g/mol. The third-order valence-corrected chi connectivity index (χ3v) is 0.368. The van der Waals surface area contributed by atoms with Gasteiger partial charge in [0.1, 0.15) is 0 Å². The molecule has 70 valence electrons. The van der Waals surface area contributed by atoms with Crippen molar-refractivity contribution in [2.75, 3.05) is 0 Å². The molecular formula is C4H6O7Se. The molecule has 0 unspecified atom stereocenters. The minimum absolute atomic E-state index is 0.558. The van der Waals surface area contributed by atoms with Crippen LogP contribution in [0.4, 0.5) is 0 Å². The molecule has 0 aromatic carbocycles. The second-order valence-corrected chi connectivity index (χ2v) is 2.21. The van der Waals surface area contributed by atoms with Crippen molar-refractivity contribution < 1.29 is 32.0 Å². The predicted octanol–water partition coefficient (Wildman–Crippen LogP) is -1.90. The molecule has 0 rings (SSSR count). The summed E-state index contributed by atoms with van der Waals surface area (Å²) < 4.78 is 23.1. The van der Waals surface area contributed by atoms with Crippen molar-refractivity contribution in [1.29, 1.82) is 0 Å². The Morgan fingerprint density at radius 1 is 1.00 bits per heavy atom. The van der Waals surface area contributed by atoms with Gasteiger partial charge in [-0.2, -0.15) is 0 Å². The summed E-state index contributed by atoms with van der Waals surface area (Å²) in [6, 6.07) is 0. The standard InChI is InChI=1S/C4H4O4.H2O3Se/c5-3(6)1-2-4(7)8;1-4(2)3/h1-2H,(H,5,6)(H,7,8);(H2,1,2,3). The zero-order valence-electron chi connectivity index (χ0n) is 5.58. The van der Waals surface area contributed by atoms with E-state index >= 15 is 0 Å². The first-order chi connectivity index (χ1) is 5.36. The van der Waals surface area contributed by atoms with Crippen LogP contribution in [-0.4, -0.2) is 45.0 Å². The third kappa shape index (κ3) is 36.4. The summed E-state index contributed by atoms with van der Waals surface area (Å²) in [5.41, 5.74) is 0. The predicted molar refractivity (Wildman–Crippen MR) is 35.3 cm³/mol. The van der Waals surface area contributed by atoms with Crippen LogP contribution in [0.15, 0.2) is 12.2 Å². The van der Waals surface area contributed by atoms with E-state index in [9.17, 15) is 9.59 Å². The van der Waals surface area contributed by atoms with Crippen molar-refractivity contribution in [3.63, 3.8) is 0 Å². The number of rotatable bonds is 2. The van der Waals surface area contributed by atoms with Crippen LogP contribution in [0.2, 0.25) is 0 Å². The van der Waals surface area contributed by atoms with E-state index < -0.39 is 26.4 Å². The van der Waals surface area contributed by atoms with E-state index in [1.165, 1.54) is 0 Å². The van der Waals surface area contributed by atoms with E-state index in [0.717, 1.165) is 0 Å². The van der Waals surface area contributed by atoms with E-state index in [-0.39, 0.29) is 0 Å². The summed E-state index contributed by atoms with van der Waals surface area (Å²) in [5.74, 6) is -2.51. The summed E-state index contributed by atoms with van der Waals surface area (Å²) in [7, 11) is 0. The first-order valence-corrected chi connectivity index (χ1v) is 4.53. The number of carboxylic acids is 2. The van der Waals surface area contributed by atoms with Crippen LogP contribution in [0, 0.1) is 0 Å². The molecule has 8 heteroatoms. The molecule has 0 heterocycles. The molecule has 0 radical (unpaired) electrons. The van der Waals surface area contributed by atoms with Crippen LogP contribution < -0.4 is 0 Å². The van der Waals surface area contributed by atoms with Crippen LogP contribution in [0.3, 0.4) is 0 Å². The van der Waals surface area contributed by atoms with Crippen LogP contribution in [-0.2, 0) is 13.4 Å². The topological polar surface area (TPSA) is 132 Å². The van der Waals surface area contributed by atoms with Gasteiger partial charge >= 0.3 is 38.6 Å². The van der Waals surface area contributed by atoms with E-state index in [1.54, 1.807) is 0 Å². The summed E-state index contributed by atoms with van der Waals surface area (Å²) in [4.78, 5) is 19.1. The maximum absolute atomic E-state index is 9.55. The van der Waals surface area contributed by atoms with E-state index in [4.69, 9.17) is 22.4 Å². The molecule has 0 atom stereocenters. The number of hydrogen-bond acceptors (Lipinski definition) is 3. The number of carbonyl (C=O) groups is 2. The Morgan fingerprint density at radius 2 is 1.17 bits per heavy atom. The Kier molecular flexibility index (Phi) is 9.03. The van der Waals surface area contributed by atoms with Gasteiger partial charge in [0, 0.05) is 12.2 Å². The van der Waals surface area contributed by atoms with Crippen LogP contribution in [0.1, 0.15) is 0 Å². The number of aliphatic carboxylic acids is 2. The molecule has 0 saturated carbocycles. The van der Waals surface area contributed by atoms with Crippen LogP contribution in [0.25, 0.3) is 0 Å². The minimum atomic E-state index is -3.29. The fraction of sp³-hybridized carbons (Fsp3) is 0. The van der Waals surface area contributed by atoms with Gasteiger partial charge in [-0.3, -0.25) is 0 Å². The normalized spacial score (nSPS) is 9.25. The summed E-state index contributed by atoms with van der Waals surface area (Å²) >= 11 is -3.29. The molecule has 0 aromatic heterocycles.